The largest absolute Gasteiger partial charge is 0.378 e. The van der Waals surface area contributed by atoms with Crippen molar-refractivity contribution in [2.24, 2.45) is 11.7 Å². The van der Waals surface area contributed by atoms with E-state index < -0.39 is 0 Å². The van der Waals surface area contributed by atoms with E-state index in [0.29, 0.717) is 6.04 Å². The molecule has 0 aliphatic heterocycles. The van der Waals surface area contributed by atoms with Crippen molar-refractivity contribution < 1.29 is 4.74 Å². The fraction of sp³-hybridized carbons (Fsp3) is 1.00. The van der Waals surface area contributed by atoms with Crippen LogP contribution in [0.2, 0.25) is 0 Å². The monoisotopic (exact) mass is 205 g/mol. The minimum atomic E-state index is 0. The van der Waals surface area contributed by atoms with Crippen molar-refractivity contribution in [2.45, 2.75) is 50.2 Å². The first-order valence-electron chi connectivity index (χ1n) is 5.05. The highest BCUT2D eigenvalue weighted by Crippen LogP contribution is 2.44. The highest BCUT2D eigenvalue weighted by Gasteiger charge is 2.42. The second-order valence-electron chi connectivity index (χ2n) is 4.55. The number of rotatable bonds is 1. The standard InChI is InChI=1S/C10H19NO.ClH/c1-12-10-4-2-3-8(6-10)5-9(11)7-10;/h8-9H,2-7,11H2,1H3;1H. The van der Waals surface area contributed by atoms with Gasteiger partial charge in [0.2, 0.25) is 0 Å². The van der Waals surface area contributed by atoms with E-state index in [4.69, 9.17) is 10.5 Å². The van der Waals surface area contributed by atoms with Gasteiger partial charge in [-0.25, -0.2) is 0 Å². The van der Waals surface area contributed by atoms with Crippen molar-refractivity contribution in [2.75, 3.05) is 7.11 Å². The van der Waals surface area contributed by atoms with Crippen LogP contribution in [0.1, 0.15) is 38.5 Å². The van der Waals surface area contributed by atoms with Crippen LogP contribution >= 0.6 is 12.4 Å². The van der Waals surface area contributed by atoms with Crippen LogP contribution in [0.25, 0.3) is 0 Å². The second kappa shape index (κ2) is 4.16. The Labute approximate surface area is 86.6 Å². The van der Waals surface area contributed by atoms with Gasteiger partial charge in [0, 0.05) is 13.2 Å². The van der Waals surface area contributed by atoms with Gasteiger partial charge in [0.15, 0.2) is 0 Å². The highest BCUT2D eigenvalue weighted by atomic mass is 35.5. The Bertz CT molecular complexity index is 172. The molecule has 0 heterocycles. The average molecular weight is 206 g/mol. The molecule has 2 aliphatic rings. The first-order chi connectivity index (χ1) is 5.74. The molecule has 2 N–H and O–H groups in total. The SMILES string of the molecule is COC12CCCC(CC(N)C1)C2.Cl. The van der Waals surface area contributed by atoms with Gasteiger partial charge in [-0.3, -0.25) is 0 Å². The van der Waals surface area contributed by atoms with E-state index in [2.05, 4.69) is 0 Å². The van der Waals surface area contributed by atoms with Crippen LogP contribution in [-0.4, -0.2) is 18.8 Å². The molecule has 2 fully saturated rings. The van der Waals surface area contributed by atoms with Crippen molar-refractivity contribution in [1.29, 1.82) is 0 Å². The quantitative estimate of drug-likeness (QED) is 0.712. The van der Waals surface area contributed by atoms with E-state index in [-0.39, 0.29) is 18.0 Å². The number of ether oxygens (including phenoxy) is 1. The number of methoxy groups -OCH3 is 1. The molecule has 2 nitrogen and oxygen atoms in total. The fourth-order valence-electron chi connectivity index (χ4n) is 3.09. The van der Waals surface area contributed by atoms with Gasteiger partial charge in [0.25, 0.3) is 0 Å². The van der Waals surface area contributed by atoms with Gasteiger partial charge in [0.05, 0.1) is 5.60 Å². The molecule has 13 heavy (non-hydrogen) atoms. The van der Waals surface area contributed by atoms with Crippen molar-refractivity contribution in [1.82, 2.24) is 0 Å². The lowest BCUT2D eigenvalue weighted by Gasteiger charge is -2.46. The molecular weight excluding hydrogens is 186 g/mol. The summed E-state index contributed by atoms with van der Waals surface area (Å²) < 4.78 is 5.64. The van der Waals surface area contributed by atoms with E-state index in [1.807, 2.05) is 7.11 Å². The number of hydrogen-bond donors (Lipinski definition) is 1. The Morgan fingerprint density at radius 3 is 2.85 bits per heavy atom. The minimum absolute atomic E-state index is 0. The fourth-order valence-corrected chi connectivity index (χ4v) is 3.09. The zero-order valence-corrected chi connectivity index (χ0v) is 9.11. The molecule has 0 aromatic carbocycles. The van der Waals surface area contributed by atoms with Crippen molar-refractivity contribution >= 4 is 12.4 Å². The molecular formula is C10H20ClNO. The molecule has 0 spiro atoms. The summed E-state index contributed by atoms with van der Waals surface area (Å²) in [7, 11) is 1.85. The van der Waals surface area contributed by atoms with E-state index in [1.165, 1.54) is 32.1 Å². The van der Waals surface area contributed by atoms with Crippen LogP contribution in [0.4, 0.5) is 0 Å². The molecule has 3 heteroatoms. The Morgan fingerprint density at radius 2 is 2.15 bits per heavy atom. The van der Waals surface area contributed by atoms with Crippen LogP contribution in [-0.2, 0) is 4.74 Å². The molecule has 0 radical (unpaired) electrons. The van der Waals surface area contributed by atoms with Gasteiger partial charge in [-0.1, -0.05) is 12.8 Å². The lowest BCUT2D eigenvalue weighted by molar-refractivity contribution is -0.0852. The number of fused-ring (bicyclic) bond motifs is 2. The topological polar surface area (TPSA) is 35.2 Å². The molecule has 2 bridgehead atoms. The molecule has 2 saturated carbocycles. The number of nitrogens with two attached hydrogens (primary N) is 1. The van der Waals surface area contributed by atoms with Crippen LogP contribution in [0.3, 0.4) is 0 Å². The zero-order valence-electron chi connectivity index (χ0n) is 8.29. The summed E-state index contributed by atoms with van der Waals surface area (Å²) in [6.45, 7) is 0. The van der Waals surface area contributed by atoms with E-state index in [0.717, 1.165) is 12.3 Å². The lowest BCUT2D eigenvalue weighted by atomic mass is 9.67. The number of halogens is 1. The van der Waals surface area contributed by atoms with Gasteiger partial charge in [-0.15, -0.1) is 12.4 Å². The average Bonchev–Trinajstić information content (AvgIpc) is 2.03. The van der Waals surface area contributed by atoms with Gasteiger partial charge in [0.1, 0.15) is 0 Å². The van der Waals surface area contributed by atoms with Crippen LogP contribution in [0.15, 0.2) is 0 Å². The first kappa shape index (κ1) is 11.3. The Kier molecular flexibility index (Phi) is 3.61. The molecule has 3 atom stereocenters. The third-order valence-electron chi connectivity index (χ3n) is 3.61. The maximum atomic E-state index is 6.01. The van der Waals surface area contributed by atoms with Gasteiger partial charge < -0.3 is 10.5 Å². The highest BCUT2D eigenvalue weighted by molar-refractivity contribution is 5.85. The van der Waals surface area contributed by atoms with Crippen molar-refractivity contribution in [3.8, 4) is 0 Å². The maximum absolute atomic E-state index is 6.01. The summed E-state index contributed by atoms with van der Waals surface area (Å²) in [4.78, 5) is 0. The van der Waals surface area contributed by atoms with Crippen molar-refractivity contribution in [3.05, 3.63) is 0 Å². The van der Waals surface area contributed by atoms with Gasteiger partial charge >= 0.3 is 0 Å². The summed E-state index contributed by atoms with van der Waals surface area (Å²) in [5.74, 6) is 0.849. The van der Waals surface area contributed by atoms with Crippen molar-refractivity contribution in [3.63, 3.8) is 0 Å². The Balaban J connectivity index is 0.000000845. The van der Waals surface area contributed by atoms with Gasteiger partial charge in [-0.2, -0.15) is 0 Å². The predicted molar refractivity (Wildman–Crippen MR) is 56.2 cm³/mol. The molecule has 2 aliphatic carbocycles. The second-order valence-corrected chi connectivity index (χ2v) is 4.55. The summed E-state index contributed by atoms with van der Waals surface area (Å²) >= 11 is 0. The van der Waals surface area contributed by atoms with E-state index in [9.17, 15) is 0 Å². The molecule has 3 unspecified atom stereocenters. The van der Waals surface area contributed by atoms with E-state index in [1.54, 1.807) is 0 Å². The molecule has 0 saturated heterocycles. The first-order valence-corrected chi connectivity index (χ1v) is 5.05. The Hall–Kier alpha value is 0.210. The van der Waals surface area contributed by atoms with Crippen LogP contribution < -0.4 is 5.73 Å². The smallest absolute Gasteiger partial charge is 0.0696 e. The molecule has 0 aromatic heterocycles. The van der Waals surface area contributed by atoms with Crippen LogP contribution in [0, 0.1) is 5.92 Å². The summed E-state index contributed by atoms with van der Waals surface area (Å²) in [6, 6.07) is 0.393. The van der Waals surface area contributed by atoms with Gasteiger partial charge in [-0.05, 0) is 31.6 Å². The minimum Gasteiger partial charge on any atom is -0.378 e. The molecule has 0 amide bonds. The summed E-state index contributed by atoms with van der Waals surface area (Å²) in [5.41, 5.74) is 6.17. The number of hydrogen-bond acceptors (Lipinski definition) is 2. The summed E-state index contributed by atoms with van der Waals surface area (Å²) in [6.07, 6.45) is 7.51. The third-order valence-corrected chi connectivity index (χ3v) is 3.61. The molecule has 78 valence electrons. The molecule has 0 aromatic rings. The lowest BCUT2D eigenvalue weighted by Crippen LogP contribution is -2.48. The maximum Gasteiger partial charge on any atom is 0.0696 e. The van der Waals surface area contributed by atoms with Crippen LogP contribution in [0.5, 0.6) is 0 Å². The van der Waals surface area contributed by atoms with E-state index >= 15 is 0 Å². The zero-order chi connectivity index (χ0) is 8.60. The Morgan fingerprint density at radius 1 is 1.38 bits per heavy atom. The third kappa shape index (κ3) is 2.17. The predicted octanol–water partition coefficient (Wildman–Crippen LogP) is 2.10. The normalized spacial score (nSPS) is 43.8. The summed E-state index contributed by atoms with van der Waals surface area (Å²) in [5, 5.41) is 0. The molecule has 2 rings (SSSR count).